The molecule has 5 aromatic rings. The maximum Gasteiger partial charge on any atom is 0.216 e. The summed E-state index contributed by atoms with van der Waals surface area (Å²) in [5, 5.41) is 2.16. The van der Waals surface area contributed by atoms with E-state index in [1.165, 1.54) is 59.3 Å². The molecule has 0 radical (unpaired) electrons. The Morgan fingerprint density at radius 1 is 0.872 bits per heavy atom. The number of hydrogen-bond donors (Lipinski definition) is 0. The number of aryl methyl sites for hydroxylation is 1. The molecule has 3 aromatic carbocycles. The Morgan fingerprint density at radius 3 is 2.15 bits per heavy atom. The highest BCUT2D eigenvalue weighted by Crippen LogP contribution is 2.45. The van der Waals surface area contributed by atoms with Crippen LogP contribution in [0, 0.1) is 27.3 Å². The summed E-state index contributed by atoms with van der Waals surface area (Å²) in [7, 11) is 2.18. The van der Waals surface area contributed by atoms with E-state index in [1.54, 1.807) is 0 Å². The molecule has 0 bridgehead atoms. The maximum absolute atomic E-state index is 7.92. The standard InChI is InChI=1S/C36H37N2O/c1-21(2)25-13-15-27(16-14-25)34-31(37-6)19-18-29-28-17-12-22(3)33(35(28)39-36(29)34)32-20-30(26-10-8-9-11-26)23(4)24(5)38(32)7/h12-21,26H,8-11H2,1-5,7H3/q+1. The van der Waals surface area contributed by atoms with Crippen molar-refractivity contribution in [2.75, 3.05) is 0 Å². The first-order chi connectivity index (χ1) is 18.8. The van der Waals surface area contributed by atoms with Gasteiger partial charge in [-0.1, -0.05) is 75.2 Å². The van der Waals surface area contributed by atoms with Crippen LogP contribution >= 0.6 is 0 Å². The van der Waals surface area contributed by atoms with Gasteiger partial charge in [-0.05, 0) is 60.8 Å². The molecule has 196 valence electrons. The molecule has 3 nitrogen and oxygen atoms in total. The van der Waals surface area contributed by atoms with Crippen LogP contribution in [0.1, 0.15) is 79.3 Å². The molecule has 0 spiro atoms. The minimum absolute atomic E-state index is 0.458. The van der Waals surface area contributed by atoms with Crippen LogP contribution in [-0.2, 0) is 7.05 Å². The van der Waals surface area contributed by atoms with Gasteiger partial charge < -0.3 is 4.42 Å². The lowest BCUT2D eigenvalue weighted by atomic mass is 9.90. The molecule has 1 aliphatic rings. The zero-order chi connectivity index (χ0) is 27.4. The second-order valence-corrected chi connectivity index (χ2v) is 11.7. The van der Waals surface area contributed by atoms with Crippen molar-refractivity contribution in [3.63, 3.8) is 0 Å². The van der Waals surface area contributed by atoms with Gasteiger partial charge in [0.2, 0.25) is 5.69 Å². The summed E-state index contributed by atoms with van der Waals surface area (Å²) in [5.74, 6) is 1.10. The Bertz CT molecular complexity index is 1770. The van der Waals surface area contributed by atoms with E-state index in [2.05, 4.69) is 99.6 Å². The summed E-state index contributed by atoms with van der Waals surface area (Å²) in [6.07, 6.45) is 5.20. The topological polar surface area (TPSA) is 21.4 Å². The zero-order valence-corrected chi connectivity index (χ0v) is 24.0. The minimum atomic E-state index is 0.458. The van der Waals surface area contributed by atoms with Gasteiger partial charge in [-0.25, -0.2) is 4.85 Å². The average molecular weight is 514 g/mol. The Kier molecular flexibility index (Phi) is 6.31. The highest BCUT2D eigenvalue weighted by Gasteiger charge is 2.29. The summed E-state index contributed by atoms with van der Waals surface area (Å²) in [5.41, 5.74) is 13.3. The second-order valence-electron chi connectivity index (χ2n) is 11.7. The molecule has 2 heterocycles. The van der Waals surface area contributed by atoms with Crippen LogP contribution in [0.4, 0.5) is 5.69 Å². The molecule has 0 atom stereocenters. The normalized spacial score (nSPS) is 14.1. The van der Waals surface area contributed by atoms with E-state index in [0.717, 1.165) is 38.6 Å². The van der Waals surface area contributed by atoms with Crippen LogP contribution in [0.3, 0.4) is 0 Å². The van der Waals surface area contributed by atoms with Crippen LogP contribution in [-0.4, -0.2) is 0 Å². The van der Waals surface area contributed by atoms with Gasteiger partial charge in [0, 0.05) is 34.9 Å². The van der Waals surface area contributed by atoms with Gasteiger partial charge in [0.05, 0.1) is 12.1 Å². The molecule has 0 unspecified atom stereocenters. The highest BCUT2D eigenvalue weighted by molar-refractivity contribution is 6.15. The van der Waals surface area contributed by atoms with Gasteiger partial charge >= 0.3 is 0 Å². The number of rotatable bonds is 4. The third-order valence-electron chi connectivity index (χ3n) is 9.17. The molecular formula is C36H37N2O+. The molecule has 3 heteroatoms. The minimum Gasteiger partial charge on any atom is -0.456 e. The summed E-state index contributed by atoms with van der Waals surface area (Å²) in [6, 6.07) is 19.5. The number of fused-ring (bicyclic) bond motifs is 3. The number of hydrogen-bond acceptors (Lipinski definition) is 1. The van der Waals surface area contributed by atoms with E-state index in [0.29, 0.717) is 17.5 Å². The van der Waals surface area contributed by atoms with E-state index in [4.69, 9.17) is 11.0 Å². The van der Waals surface area contributed by atoms with Crippen molar-refractivity contribution in [3.05, 3.63) is 94.0 Å². The molecular weight excluding hydrogens is 476 g/mol. The molecule has 6 rings (SSSR count). The van der Waals surface area contributed by atoms with Crippen molar-refractivity contribution in [2.45, 2.75) is 72.1 Å². The molecule has 0 saturated heterocycles. The lowest BCUT2D eigenvalue weighted by molar-refractivity contribution is -0.667. The van der Waals surface area contributed by atoms with Crippen LogP contribution in [0.15, 0.2) is 59.0 Å². The molecule has 0 aliphatic heterocycles. The van der Waals surface area contributed by atoms with Crippen LogP contribution in [0.5, 0.6) is 0 Å². The molecule has 39 heavy (non-hydrogen) atoms. The molecule has 1 aliphatic carbocycles. The molecule has 2 aromatic heterocycles. The van der Waals surface area contributed by atoms with Crippen molar-refractivity contribution < 1.29 is 8.98 Å². The van der Waals surface area contributed by atoms with Gasteiger partial charge in [-0.2, -0.15) is 4.57 Å². The number of pyridine rings is 1. The molecule has 0 N–H and O–H groups in total. The Hall–Kier alpha value is -3.90. The summed E-state index contributed by atoms with van der Waals surface area (Å²) in [4.78, 5) is 3.90. The van der Waals surface area contributed by atoms with Gasteiger partial charge in [0.1, 0.15) is 18.2 Å². The Balaban J connectivity index is 1.64. The zero-order valence-electron chi connectivity index (χ0n) is 24.0. The van der Waals surface area contributed by atoms with Gasteiger partial charge in [0.15, 0.2) is 11.4 Å². The van der Waals surface area contributed by atoms with Crippen molar-refractivity contribution >= 4 is 27.6 Å². The van der Waals surface area contributed by atoms with Crippen molar-refractivity contribution in [3.8, 4) is 22.4 Å². The largest absolute Gasteiger partial charge is 0.456 e. The molecule has 1 fully saturated rings. The van der Waals surface area contributed by atoms with E-state index in [-0.39, 0.29) is 0 Å². The smallest absolute Gasteiger partial charge is 0.216 e. The summed E-state index contributed by atoms with van der Waals surface area (Å²) < 4.78 is 9.19. The highest BCUT2D eigenvalue weighted by atomic mass is 16.3. The van der Waals surface area contributed by atoms with Gasteiger partial charge in [0.25, 0.3) is 0 Å². The second kappa shape index (κ2) is 9.69. The fraction of sp³-hybridized carbons (Fsp3) is 0.333. The lowest BCUT2D eigenvalue weighted by Crippen LogP contribution is -2.36. The molecule has 0 amide bonds. The first-order valence-corrected chi connectivity index (χ1v) is 14.3. The van der Waals surface area contributed by atoms with Crippen LogP contribution < -0.4 is 4.57 Å². The predicted molar refractivity (Wildman–Crippen MR) is 162 cm³/mol. The maximum atomic E-state index is 7.92. The average Bonchev–Trinajstić information content (AvgIpc) is 3.60. The molecule has 1 saturated carbocycles. The third kappa shape index (κ3) is 4.05. The van der Waals surface area contributed by atoms with Crippen molar-refractivity contribution in [1.29, 1.82) is 0 Å². The number of benzene rings is 3. The summed E-state index contributed by atoms with van der Waals surface area (Å²) in [6.45, 7) is 19.0. The van der Waals surface area contributed by atoms with E-state index >= 15 is 0 Å². The first kappa shape index (κ1) is 25.4. The Labute approximate surface area is 231 Å². The Morgan fingerprint density at radius 2 is 1.51 bits per heavy atom. The fourth-order valence-corrected chi connectivity index (χ4v) is 6.61. The lowest BCUT2D eigenvalue weighted by Gasteiger charge is -2.16. The van der Waals surface area contributed by atoms with Crippen molar-refractivity contribution in [1.82, 2.24) is 0 Å². The SMILES string of the molecule is [C-]#[N+]c1ccc2c(oc3c(-c4cc(C5CCCC5)c(C)c(C)[n+]4C)c(C)ccc32)c1-c1ccc(C(C)C)cc1. The number of furan rings is 1. The predicted octanol–water partition coefficient (Wildman–Crippen LogP) is 10.0. The van der Waals surface area contributed by atoms with Gasteiger partial charge in [-0.15, -0.1) is 0 Å². The van der Waals surface area contributed by atoms with E-state index < -0.39 is 0 Å². The van der Waals surface area contributed by atoms with Gasteiger partial charge in [-0.3, -0.25) is 0 Å². The first-order valence-electron chi connectivity index (χ1n) is 14.3. The third-order valence-corrected chi connectivity index (χ3v) is 9.17. The van der Waals surface area contributed by atoms with Crippen LogP contribution in [0.25, 0.3) is 49.2 Å². The van der Waals surface area contributed by atoms with E-state index in [1.807, 2.05) is 6.07 Å². The number of aromatic nitrogens is 1. The van der Waals surface area contributed by atoms with E-state index in [9.17, 15) is 0 Å². The quantitative estimate of drug-likeness (QED) is 0.173. The van der Waals surface area contributed by atoms with Crippen molar-refractivity contribution in [2.24, 2.45) is 7.05 Å². The van der Waals surface area contributed by atoms with Crippen LogP contribution in [0.2, 0.25) is 0 Å². The number of nitrogens with zero attached hydrogens (tertiary/aromatic N) is 2. The summed E-state index contributed by atoms with van der Waals surface area (Å²) >= 11 is 0. The fourth-order valence-electron chi connectivity index (χ4n) is 6.61. The monoisotopic (exact) mass is 513 g/mol.